The van der Waals surface area contributed by atoms with Crippen LogP contribution in [0, 0.1) is 0 Å². The van der Waals surface area contributed by atoms with E-state index in [9.17, 15) is 4.79 Å². The minimum Gasteiger partial charge on any atom is -0.496 e. The zero-order valence-corrected chi connectivity index (χ0v) is 10.8. The van der Waals surface area contributed by atoms with Crippen LogP contribution in [-0.2, 0) is 6.54 Å². The molecule has 2 aromatic rings. The molecule has 0 aliphatic heterocycles. The number of H-pyrrole nitrogens is 1. The second kappa shape index (κ2) is 5.38. The minimum absolute atomic E-state index is 0.194. The van der Waals surface area contributed by atoms with Crippen molar-refractivity contribution in [1.29, 1.82) is 0 Å². The van der Waals surface area contributed by atoms with E-state index in [-0.39, 0.29) is 5.91 Å². The van der Waals surface area contributed by atoms with Crippen molar-refractivity contribution >= 4 is 11.6 Å². The Balaban J connectivity index is 2.21. The van der Waals surface area contributed by atoms with Crippen LogP contribution in [-0.4, -0.2) is 40.1 Å². The lowest BCUT2D eigenvalue weighted by molar-refractivity contribution is 0.0778. The molecule has 0 radical (unpaired) electrons. The Labute approximate surface area is 110 Å². The fourth-order valence-electron chi connectivity index (χ4n) is 1.70. The number of ether oxygens (including phenoxy) is 1. The van der Waals surface area contributed by atoms with Gasteiger partial charge in [0.1, 0.15) is 17.9 Å². The number of amides is 1. The molecule has 0 spiro atoms. The standard InChI is InChI=1S/C12H15N5O2/c1-17(6-11-14-7-15-16-11)12(18)9-5-8(13)3-4-10(9)19-2/h3-5,7H,6,13H2,1-2H3,(H,14,15,16). The van der Waals surface area contributed by atoms with Crippen LogP contribution in [0.4, 0.5) is 5.69 Å². The van der Waals surface area contributed by atoms with Gasteiger partial charge in [0, 0.05) is 12.7 Å². The molecular formula is C12H15N5O2. The summed E-state index contributed by atoms with van der Waals surface area (Å²) in [6.45, 7) is 0.330. The third kappa shape index (κ3) is 2.82. The number of nitrogens with one attached hydrogen (secondary N) is 1. The lowest BCUT2D eigenvalue weighted by Crippen LogP contribution is -2.27. The van der Waals surface area contributed by atoms with Gasteiger partial charge < -0.3 is 15.4 Å². The molecule has 19 heavy (non-hydrogen) atoms. The molecule has 1 aromatic carbocycles. The topological polar surface area (TPSA) is 97.1 Å². The zero-order chi connectivity index (χ0) is 13.8. The predicted octanol–water partition coefficient (Wildman–Crippen LogP) is 0.668. The van der Waals surface area contributed by atoms with Crippen molar-refractivity contribution in [2.24, 2.45) is 0 Å². The van der Waals surface area contributed by atoms with Crippen LogP contribution in [0.2, 0.25) is 0 Å². The number of methoxy groups -OCH3 is 1. The summed E-state index contributed by atoms with van der Waals surface area (Å²) in [7, 11) is 3.19. The van der Waals surface area contributed by atoms with Crippen molar-refractivity contribution in [2.45, 2.75) is 6.54 Å². The smallest absolute Gasteiger partial charge is 0.257 e. The average molecular weight is 261 g/mol. The van der Waals surface area contributed by atoms with Crippen LogP contribution in [0.15, 0.2) is 24.5 Å². The lowest BCUT2D eigenvalue weighted by atomic mass is 10.1. The second-order valence-electron chi connectivity index (χ2n) is 4.05. The number of hydrogen-bond donors (Lipinski definition) is 2. The number of nitrogens with zero attached hydrogens (tertiary/aromatic N) is 3. The molecule has 7 nitrogen and oxygen atoms in total. The summed E-state index contributed by atoms with van der Waals surface area (Å²) in [6, 6.07) is 4.95. The van der Waals surface area contributed by atoms with Crippen molar-refractivity contribution in [3.8, 4) is 5.75 Å². The molecule has 0 saturated heterocycles. The molecule has 1 amide bonds. The summed E-state index contributed by atoms with van der Waals surface area (Å²) in [6.07, 6.45) is 1.40. The van der Waals surface area contributed by atoms with Crippen molar-refractivity contribution in [3.63, 3.8) is 0 Å². The van der Waals surface area contributed by atoms with E-state index in [4.69, 9.17) is 10.5 Å². The molecule has 7 heteroatoms. The number of rotatable bonds is 4. The Hall–Kier alpha value is -2.57. The maximum absolute atomic E-state index is 12.3. The SMILES string of the molecule is COc1ccc(N)cc1C(=O)N(C)Cc1ncn[nH]1. The quantitative estimate of drug-likeness (QED) is 0.788. The van der Waals surface area contributed by atoms with Gasteiger partial charge in [0.2, 0.25) is 0 Å². The summed E-state index contributed by atoms with van der Waals surface area (Å²) >= 11 is 0. The Morgan fingerprint density at radius 3 is 2.95 bits per heavy atom. The summed E-state index contributed by atoms with van der Waals surface area (Å²) in [5, 5.41) is 6.44. The molecule has 100 valence electrons. The first-order valence-corrected chi connectivity index (χ1v) is 5.65. The Morgan fingerprint density at radius 2 is 2.32 bits per heavy atom. The number of anilines is 1. The highest BCUT2D eigenvalue weighted by Crippen LogP contribution is 2.22. The van der Waals surface area contributed by atoms with Gasteiger partial charge in [0.25, 0.3) is 5.91 Å². The van der Waals surface area contributed by atoms with Gasteiger partial charge in [-0.1, -0.05) is 0 Å². The van der Waals surface area contributed by atoms with Gasteiger partial charge in [-0.15, -0.1) is 0 Å². The van der Waals surface area contributed by atoms with Crippen LogP contribution in [0.25, 0.3) is 0 Å². The van der Waals surface area contributed by atoms with Crippen molar-refractivity contribution < 1.29 is 9.53 Å². The zero-order valence-electron chi connectivity index (χ0n) is 10.8. The van der Waals surface area contributed by atoms with E-state index in [0.29, 0.717) is 29.4 Å². The fourth-order valence-corrected chi connectivity index (χ4v) is 1.70. The Bertz CT molecular complexity index is 568. The fraction of sp³-hybridized carbons (Fsp3) is 0.250. The molecule has 3 N–H and O–H groups in total. The van der Waals surface area contributed by atoms with Crippen LogP contribution in [0.1, 0.15) is 16.2 Å². The Kier molecular flexibility index (Phi) is 3.65. The summed E-state index contributed by atoms with van der Waals surface area (Å²) in [4.78, 5) is 17.8. The third-order valence-corrected chi connectivity index (χ3v) is 2.65. The molecule has 0 saturated carbocycles. The average Bonchev–Trinajstić information content (AvgIpc) is 2.90. The van der Waals surface area contributed by atoms with Gasteiger partial charge in [0.15, 0.2) is 0 Å². The maximum Gasteiger partial charge on any atom is 0.257 e. The number of carbonyl (C=O) groups excluding carboxylic acids is 1. The van der Waals surface area contributed by atoms with Crippen LogP contribution < -0.4 is 10.5 Å². The summed E-state index contributed by atoms with van der Waals surface area (Å²) < 4.78 is 5.17. The highest BCUT2D eigenvalue weighted by molar-refractivity contribution is 5.97. The van der Waals surface area contributed by atoms with Gasteiger partial charge in [-0.2, -0.15) is 5.10 Å². The van der Waals surface area contributed by atoms with E-state index in [1.54, 1.807) is 25.2 Å². The lowest BCUT2D eigenvalue weighted by Gasteiger charge is -2.17. The van der Waals surface area contributed by atoms with Crippen molar-refractivity contribution in [3.05, 3.63) is 35.9 Å². The molecule has 1 heterocycles. The van der Waals surface area contributed by atoms with Gasteiger partial charge in [-0.05, 0) is 18.2 Å². The van der Waals surface area contributed by atoms with Crippen molar-refractivity contribution in [1.82, 2.24) is 20.1 Å². The van der Waals surface area contributed by atoms with Gasteiger partial charge >= 0.3 is 0 Å². The maximum atomic E-state index is 12.3. The molecule has 0 bridgehead atoms. The first-order chi connectivity index (χ1) is 9.11. The molecule has 2 rings (SSSR count). The summed E-state index contributed by atoms with van der Waals surface area (Å²) in [5.74, 6) is 0.905. The van der Waals surface area contributed by atoms with Gasteiger partial charge in [0.05, 0.1) is 19.2 Å². The normalized spacial score (nSPS) is 10.2. The van der Waals surface area contributed by atoms with E-state index < -0.39 is 0 Å². The third-order valence-electron chi connectivity index (χ3n) is 2.65. The van der Waals surface area contributed by atoms with Gasteiger partial charge in [-0.25, -0.2) is 4.98 Å². The van der Waals surface area contributed by atoms with E-state index in [2.05, 4.69) is 15.2 Å². The molecule has 0 atom stereocenters. The Morgan fingerprint density at radius 1 is 1.53 bits per heavy atom. The van der Waals surface area contributed by atoms with E-state index in [1.165, 1.54) is 18.3 Å². The number of carbonyl (C=O) groups is 1. The molecule has 0 aliphatic carbocycles. The second-order valence-corrected chi connectivity index (χ2v) is 4.05. The molecule has 1 aromatic heterocycles. The first-order valence-electron chi connectivity index (χ1n) is 5.65. The minimum atomic E-state index is -0.194. The van der Waals surface area contributed by atoms with Crippen LogP contribution >= 0.6 is 0 Å². The monoisotopic (exact) mass is 261 g/mol. The number of aromatic nitrogens is 3. The molecule has 0 aliphatic rings. The van der Waals surface area contributed by atoms with E-state index >= 15 is 0 Å². The molecule has 0 fully saturated rings. The number of nitrogens with two attached hydrogens (primary N) is 1. The number of benzene rings is 1. The number of aromatic amines is 1. The van der Waals surface area contributed by atoms with Crippen LogP contribution in [0.5, 0.6) is 5.75 Å². The van der Waals surface area contributed by atoms with E-state index in [1.807, 2.05) is 0 Å². The summed E-state index contributed by atoms with van der Waals surface area (Å²) in [5.41, 5.74) is 6.63. The molecule has 0 unspecified atom stereocenters. The number of nitrogen functional groups attached to an aromatic ring is 1. The van der Waals surface area contributed by atoms with Crippen molar-refractivity contribution in [2.75, 3.05) is 19.9 Å². The predicted molar refractivity (Wildman–Crippen MR) is 69.6 cm³/mol. The number of hydrogen-bond acceptors (Lipinski definition) is 5. The largest absolute Gasteiger partial charge is 0.496 e. The van der Waals surface area contributed by atoms with Crippen LogP contribution in [0.3, 0.4) is 0 Å². The van der Waals surface area contributed by atoms with E-state index in [0.717, 1.165) is 0 Å². The van der Waals surface area contributed by atoms with Gasteiger partial charge in [-0.3, -0.25) is 9.89 Å². The first kappa shape index (κ1) is 12.9. The highest BCUT2D eigenvalue weighted by Gasteiger charge is 2.17. The highest BCUT2D eigenvalue weighted by atomic mass is 16.5. The molecular weight excluding hydrogens is 246 g/mol.